The monoisotopic (exact) mass is 416 g/mol. The van der Waals surface area contributed by atoms with Crippen molar-refractivity contribution in [3.8, 4) is 17.2 Å². The number of nitrogens with zero attached hydrogens (tertiary/aromatic N) is 1. The molecule has 0 aliphatic carbocycles. The van der Waals surface area contributed by atoms with Gasteiger partial charge in [0, 0.05) is 5.02 Å². The van der Waals surface area contributed by atoms with Gasteiger partial charge in [-0.15, -0.1) is 0 Å². The van der Waals surface area contributed by atoms with Gasteiger partial charge in [0.2, 0.25) is 5.75 Å². The molecule has 0 saturated carbocycles. The molecule has 0 radical (unpaired) electrons. The Morgan fingerprint density at radius 2 is 1.69 bits per heavy atom. The smallest absolute Gasteiger partial charge is 0.335 e. The summed E-state index contributed by atoms with van der Waals surface area (Å²) in [6.45, 7) is 1.78. The van der Waals surface area contributed by atoms with Gasteiger partial charge in [0.1, 0.15) is 5.57 Å². The Kier molecular flexibility index (Phi) is 5.47. The molecular formula is C20H17ClN2O6. The summed E-state index contributed by atoms with van der Waals surface area (Å²) in [5, 5.41) is 12.5. The maximum atomic E-state index is 12.9. The second-order valence-electron chi connectivity index (χ2n) is 6.17. The minimum atomic E-state index is -0.877. The number of aromatic hydroxyl groups is 1. The molecule has 4 amide bonds. The molecule has 0 bridgehead atoms. The lowest BCUT2D eigenvalue weighted by Crippen LogP contribution is -2.54. The second kappa shape index (κ2) is 7.84. The Morgan fingerprint density at radius 3 is 2.24 bits per heavy atom. The van der Waals surface area contributed by atoms with Gasteiger partial charge >= 0.3 is 6.03 Å². The van der Waals surface area contributed by atoms with E-state index in [1.54, 1.807) is 19.1 Å². The molecular weight excluding hydrogens is 400 g/mol. The van der Waals surface area contributed by atoms with Crippen LogP contribution in [-0.2, 0) is 9.59 Å². The van der Waals surface area contributed by atoms with Gasteiger partial charge in [-0.05, 0) is 48.4 Å². The number of phenols is 1. The Bertz CT molecular complexity index is 1040. The lowest BCUT2D eigenvalue weighted by Gasteiger charge is -2.26. The van der Waals surface area contributed by atoms with Crippen molar-refractivity contribution in [3.63, 3.8) is 0 Å². The molecule has 2 N–H and O–H groups in total. The summed E-state index contributed by atoms with van der Waals surface area (Å²) < 4.78 is 10.2. The molecule has 8 nitrogen and oxygen atoms in total. The summed E-state index contributed by atoms with van der Waals surface area (Å²) in [6.07, 6.45) is 1.28. The van der Waals surface area contributed by atoms with Crippen molar-refractivity contribution >= 4 is 41.2 Å². The van der Waals surface area contributed by atoms with E-state index in [-0.39, 0.29) is 28.5 Å². The number of methoxy groups -OCH3 is 2. The number of barbiturate groups is 1. The molecule has 1 heterocycles. The highest BCUT2D eigenvalue weighted by molar-refractivity contribution is 6.39. The first kappa shape index (κ1) is 20.2. The number of rotatable bonds is 4. The average molecular weight is 417 g/mol. The number of nitrogens with one attached hydrogen (secondary N) is 1. The van der Waals surface area contributed by atoms with Crippen molar-refractivity contribution < 1.29 is 29.0 Å². The standard InChI is InChI=1S/C20H17ClN2O6/c1-10-4-5-12(9-14(10)21)23-19(26)13(18(25)22-20(23)27)6-11-7-15(28-2)17(24)16(8-11)29-3/h4-9,24H,1-3H3,(H,22,25,27)/b13-6+. The highest BCUT2D eigenvalue weighted by Crippen LogP contribution is 2.38. The number of ether oxygens (including phenoxy) is 2. The number of anilines is 1. The van der Waals surface area contributed by atoms with Crippen LogP contribution in [0.4, 0.5) is 10.5 Å². The molecule has 0 atom stereocenters. The summed E-state index contributed by atoms with van der Waals surface area (Å²) in [7, 11) is 2.71. The number of hydrogen-bond acceptors (Lipinski definition) is 6. The third-order valence-corrected chi connectivity index (χ3v) is 4.74. The number of halogens is 1. The summed E-state index contributed by atoms with van der Waals surface area (Å²) in [5.74, 6) is -1.69. The fourth-order valence-corrected chi connectivity index (χ4v) is 2.95. The summed E-state index contributed by atoms with van der Waals surface area (Å²) in [6, 6.07) is 6.66. The van der Waals surface area contributed by atoms with E-state index >= 15 is 0 Å². The highest BCUT2D eigenvalue weighted by atomic mass is 35.5. The van der Waals surface area contributed by atoms with E-state index < -0.39 is 17.8 Å². The van der Waals surface area contributed by atoms with E-state index in [2.05, 4.69) is 5.32 Å². The molecule has 0 spiro atoms. The van der Waals surface area contributed by atoms with E-state index in [1.807, 2.05) is 0 Å². The molecule has 29 heavy (non-hydrogen) atoms. The molecule has 1 aliphatic heterocycles. The van der Waals surface area contributed by atoms with Gasteiger partial charge in [-0.25, -0.2) is 9.69 Å². The fraction of sp³-hybridized carbons (Fsp3) is 0.150. The van der Waals surface area contributed by atoms with Crippen LogP contribution in [0.2, 0.25) is 5.02 Å². The van der Waals surface area contributed by atoms with Crippen LogP contribution in [0.25, 0.3) is 6.08 Å². The second-order valence-corrected chi connectivity index (χ2v) is 6.57. The van der Waals surface area contributed by atoms with Crippen molar-refractivity contribution in [1.82, 2.24) is 5.32 Å². The number of amides is 4. The SMILES string of the molecule is COc1cc(/C=C2\C(=O)NC(=O)N(c3ccc(C)c(Cl)c3)C2=O)cc(OC)c1O. The number of phenolic OH excluding ortho intramolecular Hbond substituents is 1. The van der Waals surface area contributed by atoms with Crippen LogP contribution >= 0.6 is 11.6 Å². The topological polar surface area (TPSA) is 105 Å². The molecule has 0 unspecified atom stereocenters. The van der Waals surface area contributed by atoms with Crippen molar-refractivity contribution in [2.75, 3.05) is 19.1 Å². The van der Waals surface area contributed by atoms with E-state index in [9.17, 15) is 19.5 Å². The van der Waals surface area contributed by atoms with Crippen LogP contribution in [0, 0.1) is 6.92 Å². The molecule has 1 fully saturated rings. The molecule has 150 valence electrons. The normalized spacial score (nSPS) is 15.5. The van der Waals surface area contributed by atoms with Crippen molar-refractivity contribution in [1.29, 1.82) is 0 Å². The first-order valence-corrected chi connectivity index (χ1v) is 8.77. The van der Waals surface area contributed by atoms with E-state index in [0.29, 0.717) is 10.6 Å². The summed E-state index contributed by atoms with van der Waals surface area (Å²) in [4.78, 5) is 38.4. The molecule has 2 aromatic rings. The van der Waals surface area contributed by atoms with Gasteiger partial charge in [0.05, 0.1) is 19.9 Å². The average Bonchev–Trinajstić information content (AvgIpc) is 2.68. The number of imide groups is 2. The zero-order valence-corrected chi connectivity index (χ0v) is 16.5. The lowest BCUT2D eigenvalue weighted by atomic mass is 10.1. The number of aryl methyl sites for hydroxylation is 1. The molecule has 2 aromatic carbocycles. The summed E-state index contributed by atoms with van der Waals surface area (Å²) in [5.41, 5.74) is 1.07. The number of carbonyl (C=O) groups excluding carboxylic acids is 3. The largest absolute Gasteiger partial charge is 0.502 e. The predicted molar refractivity (Wildman–Crippen MR) is 106 cm³/mol. The van der Waals surface area contributed by atoms with Crippen molar-refractivity contribution in [2.24, 2.45) is 0 Å². The van der Waals surface area contributed by atoms with Gasteiger partial charge in [0.25, 0.3) is 11.8 Å². The molecule has 0 aromatic heterocycles. The maximum absolute atomic E-state index is 12.9. The first-order valence-electron chi connectivity index (χ1n) is 8.39. The van der Waals surface area contributed by atoms with Gasteiger partial charge in [-0.1, -0.05) is 17.7 Å². The van der Waals surface area contributed by atoms with Crippen LogP contribution in [0.5, 0.6) is 17.2 Å². The Labute approximate surface area is 171 Å². The number of carbonyl (C=O) groups is 3. The van der Waals surface area contributed by atoms with Crippen molar-refractivity contribution in [2.45, 2.75) is 6.92 Å². The molecule has 3 rings (SSSR count). The third-order valence-electron chi connectivity index (χ3n) is 4.33. The fourth-order valence-electron chi connectivity index (χ4n) is 2.78. The number of benzene rings is 2. The molecule has 9 heteroatoms. The van der Waals surface area contributed by atoms with Crippen LogP contribution in [0.3, 0.4) is 0 Å². The zero-order valence-electron chi connectivity index (χ0n) is 15.8. The Morgan fingerprint density at radius 1 is 1.07 bits per heavy atom. The lowest BCUT2D eigenvalue weighted by molar-refractivity contribution is -0.122. The van der Waals surface area contributed by atoms with Crippen LogP contribution < -0.4 is 19.7 Å². The summed E-state index contributed by atoms with van der Waals surface area (Å²) >= 11 is 6.10. The van der Waals surface area contributed by atoms with Gasteiger partial charge < -0.3 is 14.6 Å². The zero-order chi connectivity index (χ0) is 21.3. The van der Waals surface area contributed by atoms with E-state index in [0.717, 1.165) is 10.5 Å². The van der Waals surface area contributed by atoms with Crippen LogP contribution in [0.1, 0.15) is 11.1 Å². The van der Waals surface area contributed by atoms with E-state index in [4.69, 9.17) is 21.1 Å². The third kappa shape index (κ3) is 3.74. The number of urea groups is 1. The van der Waals surface area contributed by atoms with Crippen LogP contribution in [0.15, 0.2) is 35.9 Å². The van der Waals surface area contributed by atoms with Crippen LogP contribution in [-0.4, -0.2) is 37.2 Å². The van der Waals surface area contributed by atoms with Gasteiger partial charge in [0.15, 0.2) is 11.5 Å². The highest BCUT2D eigenvalue weighted by Gasteiger charge is 2.37. The van der Waals surface area contributed by atoms with E-state index in [1.165, 1.54) is 38.5 Å². The molecule has 1 saturated heterocycles. The van der Waals surface area contributed by atoms with Crippen molar-refractivity contribution in [3.05, 3.63) is 52.1 Å². The van der Waals surface area contributed by atoms with Gasteiger partial charge in [-0.3, -0.25) is 14.9 Å². The predicted octanol–water partition coefficient (Wildman–Crippen LogP) is 3.04. The Balaban J connectivity index is 2.07. The van der Waals surface area contributed by atoms with Gasteiger partial charge in [-0.2, -0.15) is 0 Å². The minimum Gasteiger partial charge on any atom is -0.502 e. The Hall–Kier alpha value is -3.52. The maximum Gasteiger partial charge on any atom is 0.335 e. The molecule has 1 aliphatic rings. The number of hydrogen-bond donors (Lipinski definition) is 2. The quantitative estimate of drug-likeness (QED) is 0.586. The minimum absolute atomic E-state index is 0.0955. The first-order chi connectivity index (χ1) is 13.8.